The quantitative estimate of drug-likeness (QED) is 0.368. The topological polar surface area (TPSA) is 34.9 Å². The first-order chi connectivity index (χ1) is 12.0. The van der Waals surface area contributed by atoms with Crippen LogP contribution in [0.4, 0.5) is 0 Å². The van der Waals surface area contributed by atoms with Crippen molar-refractivity contribution in [3.05, 3.63) is 86.3 Å². The number of hydrogen-bond donors (Lipinski definition) is 0. The van der Waals surface area contributed by atoms with Gasteiger partial charge >= 0.3 is 0 Å². The molecule has 1 aromatic heterocycles. The highest BCUT2D eigenvalue weighted by Gasteiger charge is 2.18. The van der Waals surface area contributed by atoms with E-state index in [2.05, 4.69) is 4.98 Å². The fraction of sp³-hybridized carbons (Fsp3) is 0. The second-order valence-electron chi connectivity index (χ2n) is 5.12. The van der Waals surface area contributed by atoms with Crippen LogP contribution in [0, 0.1) is 0 Å². The Balaban J connectivity index is 2.12. The molecule has 0 bridgehead atoms. The molecular weight excluding hydrogens is 402 g/mol. The van der Waals surface area contributed by atoms with E-state index in [0.717, 1.165) is 0 Å². The zero-order valence-electron chi connectivity index (χ0n) is 12.6. The average molecular weight is 412 g/mol. The van der Waals surface area contributed by atoms with Crippen molar-refractivity contribution < 1.29 is 4.79 Å². The van der Waals surface area contributed by atoms with Gasteiger partial charge in [0.15, 0.2) is 0 Å². The van der Waals surface area contributed by atoms with Crippen molar-refractivity contribution in [1.82, 2.24) is 9.55 Å². The lowest BCUT2D eigenvalue weighted by Gasteiger charge is -2.10. The molecule has 0 aliphatic rings. The third kappa shape index (κ3) is 4.07. The molecule has 25 heavy (non-hydrogen) atoms. The zero-order chi connectivity index (χ0) is 18.0. The Morgan fingerprint density at radius 3 is 2.24 bits per heavy atom. The monoisotopic (exact) mass is 410 g/mol. The Morgan fingerprint density at radius 1 is 0.960 bits per heavy atom. The van der Waals surface area contributed by atoms with Crippen LogP contribution in [0.25, 0.3) is 11.8 Å². The van der Waals surface area contributed by atoms with Gasteiger partial charge in [-0.1, -0.05) is 52.5 Å². The Bertz CT molecular complexity index is 965. The zero-order valence-corrected chi connectivity index (χ0v) is 15.6. The molecule has 0 aliphatic heterocycles. The maximum atomic E-state index is 13.0. The van der Waals surface area contributed by atoms with Crippen molar-refractivity contribution in [2.75, 3.05) is 0 Å². The molecule has 0 saturated heterocycles. The lowest BCUT2D eigenvalue weighted by Crippen LogP contribution is -2.09. The third-order valence-electron chi connectivity index (χ3n) is 3.45. The highest BCUT2D eigenvalue weighted by Crippen LogP contribution is 2.28. The minimum absolute atomic E-state index is 0.269. The molecule has 3 nitrogen and oxygen atoms in total. The summed E-state index contributed by atoms with van der Waals surface area (Å²) in [5.41, 5.74) is 1.32. The van der Waals surface area contributed by atoms with Crippen molar-refractivity contribution in [1.29, 1.82) is 0 Å². The van der Waals surface area contributed by atoms with E-state index < -0.39 is 0 Å². The van der Waals surface area contributed by atoms with Crippen LogP contribution < -0.4 is 0 Å². The van der Waals surface area contributed by atoms with Crippen LogP contribution in [-0.4, -0.2) is 15.3 Å². The molecule has 7 heteroatoms. The summed E-state index contributed by atoms with van der Waals surface area (Å²) in [7, 11) is 0. The Kier molecular flexibility index (Phi) is 5.50. The summed E-state index contributed by atoms with van der Waals surface area (Å²) in [4.78, 5) is 17.0. The maximum Gasteiger partial charge on any atom is 0.211 e. The Labute approximate surface area is 164 Å². The predicted octanol–water partition coefficient (Wildman–Crippen LogP) is 6.38. The molecule has 0 fully saturated rings. The summed E-state index contributed by atoms with van der Waals surface area (Å²) in [5.74, 6) is -0.286. The number of hydrogen-bond acceptors (Lipinski definition) is 2. The molecule has 0 amide bonds. The Hall–Kier alpha value is -1.78. The van der Waals surface area contributed by atoms with Gasteiger partial charge in [-0.2, -0.15) is 0 Å². The molecule has 0 saturated carbocycles. The summed E-state index contributed by atoms with van der Waals surface area (Å²) in [6.07, 6.45) is 6.43. The van der Waals surface area contributed by atoms with Gasteiger partial charge in [-0.25, -0.2) is 4.98 Å². The number of ketones is 1. The van der Waals surface area contributed by atoms with Crippen LogP contribution >= 0.6 is 46.4 Å². The molecule has 126 valence electrons. The van der Waals surface area contributed by atoms with Gasteiger partial charge in [0.2, 0.25) is 5.78 Å². The number of imidazole rings is 1. The first-order valence-corrected chi connectivity index (χ1v) is 8.62. The molecule has 0 aliphatic carbocycles. The molecule has 0 atom stereocenters. The summed E-state index contributed by atoms with van der Waals surface area (Å²) < 4.78 is 1.60. The van der Waals surface area contributed by atoms with Gasteiger partial charge in [-0.05, 0) is 42.0 Å². The first-order valence-electron chi connectivity index (χ1n) is 7.10. The fourth-order valence-electron chi connectivity index (χ4n) is 2.24. The van der Waals surface area contributed by atoms with E-state index in [4.69, 9.17) is 46.4 Å². The molecule has 1 heterocycles. The van der Waals surface area contributed by atoms with Crippen LogP contribution in [0.15, 0.2) is 55.1 Å². The molecule has 0 spiro atoms. The molecule has 3 rings (SSSR count). The Morgan fingerprint density at radius 2 is 1.64 bits per heavy atom. The van der Waals surface area contributed by atoms with E-state index in [-0.39, 0.29) is 10.8 Å². The number of nitrogens with zero attached hydrogens (tertiary/aromatic N) is 2. The molecular formula is C18H10Cl4N2O. The third-order valence-corrected chi connectivity index (χ3v) is 4.56. The molecule has 3 aromatic rings. The van der Waals surface area contributed by atoms with E-state index in [1.807, 2.05) is 0 Å². The second-order valence-corrected chi connectivity index (χ2v) is 6.81. The molecule has 0 N–H and O–H groups in total. The summed E-state index contributed by atoms with van der Waals surface area (Å²) in [6.45, 7) is 0. The first kappa shape index (κ1) is 18.0. The SMILES string of the molecule is O=C(/C(=C/c1ccc(Cl)cc1Cl)n1ccnc1)c1ccc(Cl)cc1Cl. The van der Waals surface area contributed by atoms with Gasteiger partial charge in [0.05, 0.1) is 17.0 Å². The van der Waals surface area contributed by atoms with Gasteiger partial charge in [0, 0.05) is 33.0 Å². The van der Waals surface area contributed by atoms with Crippen LogP contribution in [0.1, 0.15) is 15.9 Å². The van der Waals surface area contributed by atoms with Crippen LogP contribution in [0.2, 0.25) is 20.1 Å². The summed E-state index contributed by atoms with van der Waals surface area (Å²) in [6, 6.07) is 9.77. The van der Waals surface area contributed by atoms with E-state index in [9.17, 15) is 4.79 Å². The van der Waals surface area contributed by atoms with Gasteiger partial charge < -0.3 is 4.57 Å². The van der Waals surface area contributed by atoms with Crippen molar-refractivity contribution in [3.63, 3.8) is 0 Å². The fourth-order valence-corrected chi connectivity index (χ4v) is 3.19. The van der Waals surface area contributed by atoms with Crippen LogP contribution in [0.5, 0.6) is 0 Å². The standard InChI is InChI=1S/C18H10Cl4N2O/c19-12-2-1-11(15(21)8-12)7-17(24-6-5-23-10-24)18(25)14-4-3-13(20)9-16(14)22/h1-10H/b17-7-. The molecule has 0 unspecified atom stereocenters. The number of benzene rings is 2. The highest BCUT2D eigenvalue weighted by molar-refractivity contribution is 6.40. The van der Waals surface area contributed by atoms with E-state index >= 15 is 0 Å². The predicted molar refractivity (Wildman–Crippen MR) is 104 cm³/mol. The van der Waals surface area contributed by atoms with E-state index in [1.54, 1.807) is 53.4 Å². The van der Waals surface area contributed by atoms with E-state index in [0.29, 0.717) is 31.9 Å². The van der Waals surface area contributed by atoms with Crippen LogP contribution in [0.3, 0.4) is 0 Å². The van der Waals surface area contributed by atoms with Gasteiger partial charge in [0.1, 0.15) is 0 Å². The van der Waals surface area contributed by atoms with Crippen molar-refractivity contribution in [2.24, 2.45) is 0 Å². The normalized spacial score (nSPS) is 11.6. The number of carbonyl (C=O) groups is 1. The number of halogens is 4. The number of carbonyl (C=O) groups excluding carboxylic acids is 1. The average Bonchev–Trinajstić information content (AvgIpc) is 3.08. The minimum Gasteiger partial charge on any atom is -0.303 e. The maximum absolute atomic E-state index is 13.0. The van der Waals surface area contributed by atoms with Gasteiger partial charge in [0.25, 0.3) is 0 Å². The highest BCUT2D eigenvalue weighted by atomic mass is 35.5. The smallest absolute Gasteiger partial charge is 0.211 e. The number of aromatic nitrogens is 2. The minimum atomic E-state index is -0.286. The number of rotatable bonds is 4. The lowest BCUT2D eigenvalue weighted by molar-refractivity contribution is 0.105. The summed E-state index contributed by atoms with van der Waals surface area (Å²) >= 11 is 24.3. The second kappa shape index (κ2) is 7.63. The van der Waals surface area contributed by atoms with E-state index in [1.165, 1.54) is 12.4 Å². The molecule has 2 aromatic carbocycles. The molecule has 0 radical (unpaired) electrons. The van der Waals surface area contributed by atoms with Gasteiger partial charge in [-0.3, -0.25) is 4.79 Å². The largest absolute Gasteiger partial charge is 0.303 e. The lowest BCUT2D eigenvalue weighted by atomic mass is 10.1. The van der Waals surface area contributed by atoms with Gasteiger partial charge in [-0.15, -0.1) is 0 Å². The summed E-state index contributed by atoms with van der Waals surface area (Å²) in [5, 5.41) is 1.67. The van der Waals surface area contributed by atoms with Crippen LogP contribution in [-0.2, 0) is 0 Å². The van der Waals surface area contributed by atoms with Crippen molar-refractivity contribution in [3.8, 4) is 0 Å². The van der Waals surface area contributed by atoms with Crippen molar-refractivity contribution in [2.45, 2.75) is 0 Å². The van der Waals surface area contributed by atoms with Crippen molar-refractivity contribution >= 4 is 64.0 Å². The number of Topliss-reactive ketones (excluding diaryl/α,β-unsaturated/α-hetero) is 1. The number of allylic oxidation sites excluding steroid dienone is 1.